The van der Waals surface area contributed by atoms with E-state index in [0.29, 0.717) is 202 Å². The number of nitrogens with one attached hydrogen (secondary N) is 5. The quantitative estimate of drug-likeness (QED) is 0.0196. The SMILES string of the molecule is C1COCCN1.COc1ccc(Cn2cnc3c(N[C@@H](C)c4cc5cccc(Cl)c5c(C(=O)Cl)n4)ncnc32)cc1.COc1ccc(Cn2cnc3c(N[C@@H](C)c4cc5cccc(Cl)c5c(C(=O)N5CCOCC5)n4)ncnc32)cc1.COc1ccc(Cn2cnc3c(N[C@@H](C)c4cc5cccc(Cl)c5c(C(=O)O)n4)ncnc32)cc1.COc1ccc(Cn2cnc3c(N[C@@H](C)c4cc5cccc(Cl)c5c(C=O)n4)ncnc32)cc1. The first-order valence-electron chi connectivity index (χ1n) is 47.6. The number of amides is 1. The number of methoxy groups -OCH3 is 4. The minimum atomic E-state index is -1.14. The van der Waals surface area contributed by atoms with Gasteiger partial charge in [0.2, 0.25) is 0 Å². The van der Waals surface area contributed by atoms with Crippen LogP contribution in [0.2, 0.25) is 20.1 Å². The molecule has 2 fully saturated rings. The number of carbonyl (C=O) groups excluding carboxylic acids is 3. The molecule has 8 aromatic carbocycles. The summed E-state index contributed by atoms with van der Waals surface area (Å²) in [6.45, 7) is 16.0. The third-order valence-electron chi connectivity index (χ3n) is 25.0. The molecule has 0 radical (unpaired) electrons. The Balaban J connectivity index is 0.000000128. The number of benzene rings is 8. The Hall–Kier alpha value is -16.4. The third-order valence-corrected chi connectivity index (χ3v) is 26.5. The molecule has 4 atom stereocenters. The molecular weight excluding hydrogens is 2010 g/mol. The number of aromatic carboxylic acids is 1. The molecule has 2 saturated heterocycles. The standard InChI is InChI=1S/C29H28ClN7O3.C25H20Cl2N6O2.C25H21ClN6O3.C25H21ClN6O2.C4H9NO/c1-18(23-14-20-4-3-5-22(30)24(20)25(35-23)29(38)36-10-12-40-13-11-36)34-27-26-28(32-16-31-27)37(17-33-26)15-19-6-8-21(39-2)9-7-19;1-14(19-10-16-4-3-5-18(26)20(16)21(32-19)23(27)34)31-24-22-25(29-12-28-24)33(13-30-22)11-15-6-8-17(35-2)9-7-15;1-14(19-10-16-4-3-5-18(26)20(16)21(31-19)25(33)34)30-23-22-24(28-12-27-23)32(13-29-22)11-15-6-8-17(35-2)9-7-15;1-15(20-10-17-4-3-5-19(26)22(17)21(12-33)31-20)30-24-23-25(28-13-27-24)32(14-29-23)11-16-6-8-18(34-2)9-7-16;1-3-6-4-2-5-1/h3-9,14,16-18H,10-13,15H2,1-2H3,(H,31,32,34);3-10,12-14H,11H2,1-2H3,(H,28,29,31);3-10,12-14H,11H2,1-2H3,(H,33,34)(H,27,28,30);3-10,12-15H,11H2,1-2H3,(H,27,28,30);5H,1-4H2/t18-;2*14-;15-;/m0000./s1. The topological polar surface area (TPSA) is 433 Å². The zero-order chi connectivity index (χ0) is 105. The Kier molecular flexibility index (Phi) is 32.9. The molecule has 22 rings (SSSR count). The number of nitrogens with zero attached hydrogens (tertiary/aromatic N) is 21. The van der Waals surface area contributed by atoms with Crippen LogP contribution in [0.5, 0.6) is 23.0 Å². The maximum atomic E-state index is 13.6. The largest absolute Gasteiger partial charge is 0.497 e. The van der Waals surface area contributed by atoms with E-state index in [0.717, 1.165) is 94.0 Å². The van der Waals surface area contributed by atoms with Gasteiger partial charge in [0.05, 0.1) is 173 Å². The summed E-state index contributed by atoms with van der Waals surface area (Å²) in [6.07, 6.45) is 13.7. The molecule has 0 unspecified atom stereocenters. The normalized spacial score (nSPS) is 13.2. The predicted molar refractivity (Wildman–Crippen MR) is 578 cm³/mol. The number of fused-ring (bicyclic) bond motifs is 8. The number of ether oxygens (including phenoxy) is 6. The van der Waals surface area contributed by atoms with Crippen molar-refractivity contribution in [2.24, 2.45) is 0 Å². The van der Waals surface area contributed by atoms with E-state index in [-0.39, 0.29) is 41.5 Å². The average Bonchev–Trinajstić information content (AvgIpc) is 0.918. The molecule has 762 valence electrons. The molecule has 2 aliphatic rings. The van der Waals surface area contributed by atoms with Crippen molar-refractivity contribution in [1.82, 2.24) is 108 Å². The van der Waals surface area contributed by atoms with E-state index in [1.54, 1.807) is 89.0 Å². The summed E-state index contributed by atoms with van der Waals surface area (Å²) in [6, 6.07) is 59.5. The Labute approximate surface area is 883 Å². The molecule has 37 nitrogen and oxygen atoms in total. The summed E-state index contributed by atoms with van der Waals surface area (Å²) in [5.41, 5.74) is 12.9. The van der Waals surface area contributed by atoms with E-state index in [9.17, 15) is 24.3 Å². The number of morpholine rings is 2. The Bertz CT molecular complexity index is 8070. The minimum Gasteiger partial charge on any atom is -0.497 e. The Morgan fingerprint density at radius 3 is 0.960 bits per heavy atom. The van der Waals surface area contributed by atoms with Crippen LogP contribution in [0.25, 0.3) is 87.7 Å². The molecule has 0 spiro atoms. The number of rotatable bonds is 28. The van der Waals surface area contributed by atoms with Crippen molar-refractivity contribution in [2.45, 2.75) is 78.0 Å². The van der Waals surface area contributed by atoms with Crippen LogP contribution in [-0.4, -0.2) is 212 Å². The first-order valence-corrected chi connectivity index (χ1v) is 49.5. The van der Waals surface area contributed by atoms with Gasteiger partial charge < -0.3 is 83.3 Å². The number of aromatic nitrogens is 20. The number of imidazole rings is 4. The van der Waals surface area contributed by atoms with Crippen LogP contribution in [-0.2, 0) is 35.7 Å². The molecule has 6 N–H and O–H groups in total. The van der Waals surface area contributed by atoms with Crippen molar-refractivity contribution in [3.8, 4) is 23.0 Å². The fraction of sp³-hybridized carbons (Fsp3) is 0.222. The van der Waals surface area contributed by atoms with Crippen LogP contribution in [0.15, 0.2) is 245 Å². The van der Waals surface area contributed by atoms with Crippen molar-refractivity contribution in [2.75, 3.05) is 102 Å². The summed E-state index contributed by atoms with van der Waals surface area (Å²) in [7, 11) is 6.57. The van der Waals surface area contributed by atoms with Gasteiger partial charge in [-0.2, -0.15) is 0 Å². The van der Waals surface area contributed by atoms with Gasteiger partial charge in [-0.15, -0.1) is 0 Å². The van der Waals surface area contributed by atoms with Gasteiger partial charge in [-0.3, -0.25) is 14.4 Å². The van der Waals surface area contributed by atoms with Crippen molar-refractivity contribution in [3.63, 3.8) is 0 Å². The molecule has 0 saturated carbocycles. The summed E-state index contributed by atoms with van der Waals surface area (Å²) in [5, 5.41) is 32.9. The van der Waals surface area contributed by atoms with Gasteiger partial charge in [-0.05, 0) is 180 Å². The van der Waals surface area contributed by atoms with Crippen molar-refractivity contribution >= 4 is 192 Å². The number of anilines is 4. The lowest BCUT2D eigenvalue weighted by Gasteiger charge is -2.27. The van der Waals surface area contributed by atoms with E-state index in [1.807, 2.05) is 210 Å². The van der Waals surface area contributed by atoms with Gasteiger partial charge in [0.25, 0.3) is 11.1 Å². The lowest BCUT2D eigenvalue weighted by atomic mass is 10.0. The minimum absolute atomic E-state index is 0.0895. The smallest absolute Gasteiger partial charge is 0.355 e. The molecule has 14 heterocycles. The van der Waals surface area contributed by atoms with E-state index in [4.69, 9.17) is 91.4 Å². The number of halogens is 5. The fourth-order valence-corrected chi connectivity index (χ4v) is 18.5. The van der Waals surface area contributed by atoms with Gasteiger partial charge in [0.1, 0.15) is 87.5 Å². The fourth-order valence-electron chi connectivity index (χ4n) is 17.3. The Morgan fingerprint density at radius 2 is 0.667 bits per heavy atom. The molecule has 20 aromatic rings. The average molecular weight is 2110 g/mol. The highest BCUT2D eigenvalue weighted by molar-refractivity contribution is 6.68. The van der Waals surface area contributed by atoms with Crippen LogP contribution in [0, 0.1) is 0 Å². The first-order chi connectivity index (χ1) is 73.0. The van der Waals surface area contributed by atoms with Crippen molar-refractivity contribution in [1.29, 1.82) is 0 Å². The zero-order valence-electron chi connectivity index (χ0n) is 82.3. The van der Waals surface area contributed by atoms with Crippen LogP contribution in [0.1, 0.15) is 139 Å². The molecule has 42 heteroatoms. The third kappa shape index (κ3) is 23.7. The van der Waals surface area contributed by atoms with Gasteiger partial charge in [-0.1, -0.05) is 143 Å². The maximum Gasteiger partial charge on any atom is 0.355 e. The molecule has 0 bridgehead atoms. The van der Waals surface area contributed by atoms with Gasteiger partial charge in [0, 0.05) is 47.7 Å². The van der Waals surface area contributed by atoms with E-state index in [1.165, 1.54) is 25.3 Å². The second-order valence-electron chi connectivity index (χ2n) is 34.9. The number of carboxylic acid groups (broad SMARTS) is 1. The molecule has 150 heavy (non-hydrogen) atoms. The second kappa shape index (κ2) is 47.6. The summed E-state index contributed by atoms with van der Waals surface area (Å²) in [4.78, 5) is 123. The van der Waals surface area contributed by atoms with Crippen molar-refractivity contribution in [3.05, 3.63) is 333 Å². The highest BCUT2D eigenvalue weighted by Gasteiger charge is 2.29. The predicted octanol–water partition coefficient (Wildman–Crippen LogP) is 20.0. The number of aldehydes is 1. The summed E-state index contributed by atoms with van der Waals surface area (Å²) in [5.74, 6) is 4.18. The molecule has 12 aromatic heterocycles. The number of carboxylic acids is 1. The summed E-state index contributed by atoms with van der Waals surface area (Å²) < 4.78 is 39.2. The lowest BCUT2D eigenvalue weighted by Crippen LogP contribution is -2.41. The van der Waals surface area contributed by atoms with Gasteiger partial charge in [-0.25, -0.2) is 84.5 Å². The maximum absolute atomic E-state index is 13.6. The van der Waals surface area contributed by atoms with E-state index in [2.05, 4.69) is 101 Å². The second-order valence-corrected chi connectivity index (χ2v) is 36.8. The number of hydrogen-bond donors (Lipinski definition) is 6. The molecular formula is C108H99Cl5N26O11. The Morgan fingerprint density at radius 1 is 0.380 bits per heavy atom. The van der Waals surface area contributed by atoms with E-state index >= 15 is 0 Å². The van der Waals surface area contributed by atoms with Gasteiger partial charge in [0.15, 0.2) is 57.8 Å². The lowest BCUT2D eigenvalue weighted by molar-refractivity contribution is 0.0300. The van der Waals surface area contributed by atoms with Crippen LogP contribution in [0.4, 0.5) is 23.3 Å². The monoisotopic (exact) mass is 2110 g/mol. The van der Waals surface area contributed by atoms with Crippen molar-refractivity contribution < 1.29 is 52.7 Å². The molecule has 2 aliphatic heterocycles. The summed E-state index contributed by atoms with van der Waals surface area (Å²) >= 11 is 31.3. The van der Waals surface area contributed by atoms with Gasteiger partial charge >= 0.3 is 5.97 Å². The van der Waals surface area contributed by atoms with E-state index < -0.39 is 11.2 Å². The number of pyridine rings is 4. The van der Waals surface area contributed by atoms with Crippen LogP contribution >= 0.6 is 58.0 Å². The highest BCUT2D eigenvalue weighted by Crippen LogP contribution is 2.38. The highest BCUT2D eigenvalue weighted by atomic mass is 35.5. The van der Waals surface area contributed by atoms with Crippen LogP contribution < -0.4 is 45.5 Å². The number of carbonyl (C=O) groups is 4. The first kappa shape index (κ1) is 104. The molecule has 0 aliphatic carbocycles. The van der Waals surface area contributed by atoms with Crippen LogP contribution in [0.3, 0.4) is 0 Å². The number of hydrogen-bond acceptors (Lipinski definition) is 31. The molecule has 1 amide bonds. The zero-order valence-corrected chi connectivity index (χ0v) is 86.1.